The van der Waals surface area contributed by atoms with Crippen LogP contribution in [0.1, 0.15) is 30.4 Å². The molecule has 0 bridgehead atoms. The minimum Gasteiger partial charge on any atom is -0.380 e. The SMILES string of the molecule is COCc1ccc(CNC(=O)N2CCC(CC(N)=O)CC2)cc1. The predicted molar refractivity (Wildman–Crippen MR) is 87.5 cm³/mol. The Balaban J connectivity index is 1.74. The Morgan fingerprint density at radius 3 is 2.39 bits per heavy atom. The Morgan fingerprint density at radius 1 is 1.22 bits per heavy atom. The van der Waals surface area contributed by atoms with Gasteiger partial charge in [0.2, 0.25) is 5.91 Å². The molecule has 0 aromatic heterocycles. The third-order valence-corrected chi connectivity index (χ3v) is 4.17. The first kappa shape index (κ1) is 17.3. The normalized spacial score (nSPS) is 15.4. The van der Waals surface area contributed by atoms with Crippen molar-refractivity contribution in [1.82, 2.24) is 10.2 Å². The quantitative estimate of drug-likeness (QED) is 0.836. The number of amides is 3. The Morgan fingerprint density at radius 2 is 1.83 bits per heavy atom. The second-order valence-corrected chi connectivity index (χ2v) is 6.01. The Hall–Kier alpha value is -2.08. The number of nitrogens with zero attached hydrogens (tertiary/aromatic N) is 1. The Bertz CT molecular complexity index is 522. The van der Waals surface area contributed by atoms with Crippen molar-refractivity contribution in [3.63, 3.8) is 0 Å². The van der Waals surface area contributed by atoms with E-state index in [1.165, 1.54) is 0 Å². The smallest absolute Gasteiger partial charge is 0.317 e. The van der Waals surface area contributed by atoms with E-state index in [0.717, 1.165) is 24.0 Å². The number of hydrogen-bond acceptors (Lipinski definition) is 3. The van der Waals surface area contributed by atoms with E-state index in [0.29, 0.717) is 38.6 Å². The fourth-order valence-corrected chi connectivity index (χ4v) is 2.83. The van der Waals surface area contributed by atoms with E-state index >= 15 is 0 Å². The predicted octanol–water partition coefficient (Wildman–Crippen LogP) is 1.63. The van der Waals surface area contributed by atoms with Gasteiger partial charge in [0.05, 0.1) is 6.61 Å². The maximum absolute atomic E-state index is 12.2. The number of rotatable bonds is 6. The maximum atomic E-state index is 12.2. The molecule has 6 nitrogen and oxygen atoms in total. The van der Waals surface area contributed by atoms with Crippen LogP contribution in [0, 0.1) is 5.92 Å². The number of primary amides is 1. The molecule has 0 unspecified atom stereocenters. The number of likely N-dealkylation sites (tertiary alicyclic amines) is 1. The second-order valence-electron chi connectivity index (χ2n) is 6.01. The molecule has 23 heavy (non-hydrogen) atoms. The monoisotopic (exact) mass is 319 g/mol. The number of benzene rings is 1. The van der Waals surface area contributed by atoms with Crippen LogP contribution in [-0.2, 0) is 22.7 Å². The van der Waals surface area contributed by atoms with Crippen LogP contribution in [-0.4, -0.2) is 37.0 Å². The number of carbonyl (C=O) groups excluding carboxylic acids is 2. The number of nitrogens with one attached hydrogen (secondary N) is 1. The van der Waals surface area contributed by atoms with Gasteiger partial charge in [0.1, 0.15) is 0 Å². The summed E-state index contributed by atoms with van der Waals surface area (Å²) in [6.45, 7) is 2.45. The summed E-state index contributed by atoms with van der Waals surface area (Å²) < 4.78 is 5.07. The molecule has 0 atom stereocenters. The summed E-state index contributed by atoms with van der Waals surface area (Å²) in [4.78, 5) is 24.9. The van der Waals surface area contributed by atoms with Crippen LogP contribution in [0.25, 0.3) is 0 Å². The Kier molecular flexibility index (Phi) is 6.40. The number of urea groups is 1. The van der Waals surface area contributed by atoms with Crippen LogP contribution in [0.2, 0.25) is 0 Å². The molecular weight excluding hydrogens is 294 g/mol. The minimum atomic E-state index is -0.259. The van der Waals surface area contributed by atoms with Gasteiger partial charge in [0.25, 0.3) is 0 Å². The summed E-state index contributed by atoms with van der Waals surface area (Å²) in [5.41, 5.74) is 7.39. The molecule has 1 fully saturated rings. The number of hydrogen-bond donors (Lipinski definition) is 2. The lowest BCUT2D eigenvalue weighted by molar-refractivity contribution is -0.119. The largest absolute Gasteiger partial charge is 0.380 e. The van der Waals surface area contributed by atoms with Crippen LogP contribution < -0.4 is 11.1 Å². The van der Waals surface area contributed by atoms with Gasteiger partial charge < -0.3 is 20.7 Å². The Labute approximate surface area is 137 Å². The van der Waals surface area contributed by atoms with E-state index in [4.69, 9.17) is 10.5 Å². The standard InChI is InChI=1S/C17H25N3O3/c1-23-12-15-4-2-14(3-5-15)11-19-17(22)20-8-6-13(7-9-20)10-16(18)21/h2-5,13H,6-12H2,1H3,(H2,18,21)(H,19,22). The molecule has 3 amide bonds. The van der Waals surface area contributed by atoms with Crippen LogP contribution in [0.4, 0.5) is 4.79 Å². The topological polar surface area (TPSA) is 84.7 Å². The van der Waals surface area contributed by atoms with Crippen molar-refractivity contribution in [1.29, 1.82) is 0 Å². The molecule has 1 heterocycles. The van der Waals surface area contributed by atoms with Gasteiger partial charge in [-0.05, 0) is 29.9 Å². The highest BCUT2D eigenvalue weighted by Crippen LogP contribution is 2.20. The van der Waals surface area contributed by atoms with Gasteiger partial charge >= 0.3 is 6.03 Å². The molecule has 1 aromatic carbocycles. The molecule has 0 spiro atoms. The molecule has 1 aromatic rings. The molecule has 0 saturated carbocycles. The summed E-state index contributed by atoms with van der Waals surface area (Å²) in [6.07, 6.45) is 2.09. The molecule has 0 radical (unpaired) electrons. The van der Waals surface area contributed by atoms with E-state index in [-0.39, 0.29) is 11.9 Å². The molecule has 1 aliphatic heterocycles. The summed E-state index contributed by atoms with van der Waals surface area (Å²) in [6, 6.07) is 7.94. The first-order valence-corrected chi connectivity index (χ1v) is 7.96. The van der Waals surface area contributed by atoms with Gasteiger partial charge in [-0.1, -0.05) is 24.3 Å². The average Bonchev–Trinajstić information content (AvgIpc) is 2.54. The molecule has 1 aliphatic rings. The lowest BCUT2D eigenvalue weighted by atomic mass is 9.93. The number of carbonyl (C=O) groups is 2. The van der Waals surface area contributed by atoms with Gasteiger partial charge in [-0.2, -0.15) is 0 Å². The molecule has 126 valence electrons. The van der Waals surface area contributed by atoms with Crippen molar-refractivity contribution in [2.24, 2.45) is 11.7 Å². The third kappa shape index (κ3) is 5.56. The van der Waals surface area contributed by atoms with E-state index in [1.54, 1.807) is 12.0 Å². The molecule has 6 heteroatoms. The number of ether oxygens (including phenoxy) is 1. The zero-order chi connectivity index (χ0) is 16.7. The van der Waals surface area contributed by atoms with E-state index in [9.17, 15) is 9.59 Å². The number of piperidine rings is 1. The summed E-state index contributed by atoms with van der Waals surface area (Å²) in [5.74, 6) is 0.0506. The zero-order valence-electron chi connectivity index (χ0n) is 13.6. The molecule has 1 saturated heterocycles. The first-order valence-electron chi connectivity index (χ1n) is 7.96. The number of nitrogens with two attached hydrogens (primary N) is 1. The van der Waals surface area contributed by atoms with Gasteiger partial charge in [0.15, 0.2) is 0 Å². The van der Waals surface area contributed by atoms with E-state index < -0.39 is 0 Å². The highest BCUT2D eigenvalue weighted by Gasteiger charge is 2.23. The molecule has 3 N–H and O–H groups in total. The van der Waals surface area contributed by atoms with Crippen molar-refractivity contribution >= 4 is 11.9 Å². The van der Waals surface area contributed by atoms with Crippen molar-refractivity contribution in [3.8, 4) is 0 Å². The first-order chi connectivity index (χ1) is 11.1. The second kappa shape index (κ2) is 8.53. The van der Waals surface area contributed by atoms with Gasteiger partial charge in [-0.25, -0.2) is 4.79 Å². The molecule has 2 rings (SSSR count). The highest BCUT2D eigenvalue weighted by atomic mass is 16.5. The summed E-state index contributed by atoms with van der Waals surface area (Å²) >= 11 is 0. The van der Waals surface area contributed by atoms with Gasteiger partial charge in [-0.15, -0.1) is 0 Å². The summed E-state index contributed by atoms with van der Waals surface area (Å²) in [7, 11) is 1.67. The van der Waals surface area contributed by atoms with Crippen LogP contribution in [0.5, 0.6) is 0 Å². The van der Waals surface area contributed by atoms with Crippen LogP contribution in [0.3, 0.4) is 0 Å². The van der Waals surface area contributed by atoms with Crippen LogP contribution in [0.15, 0.2) is 24.3 Å². The van der Waals surface area contributed by atoms with Crippen molar-refractivity contribution < 1.29 is 14.3 Å². The molecular formula is C17H25N3O3. The highest BCUT2D eigenvalue weighted by molar-refractivity contribution is 5.75. The maximum Gasteiger partial charge on any atom is 0.317 e. The lowest BCUT2D eigenvalue weighted by Gasteiger charge is -2.31. The van der Waals surface area contributed by atoms with Crippen LogP contribution >= 0.6 is 0 Å². The fraction of sp³-hybridized carbons (Fsp3) is 0.529. The van der Waals surface area contributed by atoms with Gasteiger partial charge in [0, 0.05) is 33.2 Å². The molecule has 0 aliphatic carbocycles. The zero-order valence-corrected chi connectivity index (χ0v) is 13.6. The van der Waals surface area contributed by atoms with E-state index in [2.05, 4.69) is 5.32 Å². The lowest BCUT2D eigenvalue weighted by Crippen LogP contribution is -2.44. The fourth-order valence-electron chi connectivity index (χ4n) is 2.83. The third-order valence-electron chi connectivity index (χ3n) is 4.17. The van der Waals surface area contributed by atoms with Crippen molar-refractivity contribution in [2.45, 2.75) is 32.4 Å². The van der Waals surface area contributed by atoms with Gasteiger partial charge in [-0.3, -0.25) is 4.79 Å². The number of methoxy groups -OCH3 is 1. The minimum absolute atomic E-state index is 0.0523. The summed E-state index contributed by atoms with van der Waals surface area (Å²) in [5, 5.41) is 2.94. The van der Waals surface area contributed by atoms with E-state index in [1.807, 2.05) is 24.3 Å². The average molecular weight is 319 g/mol. The van der Waals surface area contributed by atoms with Crippen molar-refractivity contribution in [3.05, 3.63) is 35.4 Å². The van der Waals surface area contributed by atoms with Crippen molar-refractivity contribution in [2.75, 3.05) is 20.2 Å².